The topological polar surface area (TPSA) is 32.3 Å². The van der Waals surface area contributed by atoms with E-state index >= 15 is 0 Å². The zero-order valence-corrected chi connectivity index (χ0v) is 9.46. The molecule has 0 aromatic carbocycles. The molecule has 1 saturated heterocycles. The second-order valence-corrected chi connectivity index (χ2v) is 4.01. The maximum absolute atomic E-state index is 11.3. The third-order valence-electron chi connectivity index (χ3n) is 2.75. The number of carbonyl (C=O) groups excluding carboxylic acids is 1. The average Bonchev–Trinajstić information content (AvgIpc) is 2.61. The van der Waals surface area contributed by atoms with Crippen LogP contribution >= 0.6 is 0 Å². The molecule has 1 N–H and O–H groups in total. The summed E-state index contributed by atoms with van der Waals surface area (Å²) in [5.41, 5.74) is 2.76. The summed E-state index contributed by atoms with van der Waals surface area (Å²) in [5.74, 6) is 0.370. The number of rotatable bonds is 6. The predicted molar refractivity (Wildman–Crippen MR) is 64.0 cm³/mol. The first kappa shape index (κ1) is 12.2. The van der Waals surface area contributed by atoms with E-state index < -0.39 is 0 Å². The summed E-state index contributed by atoms with van der Waals surface area (Å²) in [6.07, 6.45) is 4.54. The molecule has 1 unspecified atom stereocenters. The monoisotopic (exact) mass is 210 g/mol. The molecule has 0 aromatic rings. The summed E-state index contributed by atoms with van der Waals surface area (Å²) in [5, 5.41) is 3.22. The molecule has 1 aliphatic rings. The summed E-state index contributed by atoms with van der Waals surface area (Å²) in [7, 11) is 2.08. The van der Waals surface area contributed by atoms with Gasteiger partial charge in [0.1, 0.15) is 0 Å². The standard InChI is InChI=1S/C12H20N2O.H2/c1-3-4-5-9-14(2)10-7-11-12(15)6-8-13-11;/h4,11,13H,1,5-10H2,2H3;1H. The van der Waals surface area contributed by atoms with E-state index in [1.807, 2.05) is 6.08 Å². The van der Waals surface area contributed by atoms with Crippen LogP contribution in [0.25, 0.3) is 0 Å². The predicted octanol–water partition coefficient (Wildman–Crippen LogP) is 1.22. The van der Waals surface area contributed by atoms with Crippen molar-refractivity contribution in [1.29, 1.82) is 0 Å². The fourth-order valence-electron chi connectivity index (χ4n) is 1.77. The fraction of sp³-hybridized carbons (Fsp3) is 0.667. The number of carbonyl (C=O) groups is 1. The van der Waals surface area contributed by atoms with Crippen molar-refractivity contribution in [3.8, 4) is 0 Å². The van der Waals surface area contributed by atoms with Crippen molar-refractivity contribution in [3.05, 3.63) is 18.4 Å². The van der Waals surface area contributed by atoms with Crippen LogP contribution in [0.2, 0.25) is 0 Å². The Hall–Kier alpha value is -0.890. The van der Waals surface area contributed by atoms with E-state index in [-0.39, 0.29) is 7.47 Å². The number of hydrogen-bond donors (Lipinski definition) is 1. The van der Waals surface area contributed by atoms with Crippen molar-refractivity contribution >= 4 is 5.78 Å². The Kier molecular flexibility index (Phi) is 5.33. The third kappa shape index (κ3) is 4.43. The number of nitrogens with one attached hydrogen (secondary N) is 1. The summed E-state index contributed by atoms with van der Waals surface area (Å²) in [4.78, 5) is 13.6. The zero-order valence-electron chi connectivity index (χ0n) is 9.46. The Morgan fingerprint density at radius 3 is 3.13 bits per heavy atom. The van der Waals surface area contributed by atoms with E-state index in [2.05, 4.69) is 29.6 Å². The molecule has 0 aromatic heterocycles. The zero-order chi connectivity index (χ0) is 11.1. The van der Waals surface area contributed by atoms with E-state index in [1.165, 1.54) is 0 Å². The van der Waals surface area contributed by atoms with Gasteiger partial charge in [-0.15, -0.1) is 5.73 Å². The van der Waals surface area contributed by atoms with Crippen molar-refractivity contribution in [2.75, 3.05) is 26.7 Å². The van der Waals surface area contributed by atoms with E-state index in [0.29, 0.717) is 12.2 Å². The third-order valence-corrected chi connectivity index (χ3v) is 2.75. The lowest BCUT2D eigenvalue weighted by Gasteiger charge is -2.17. The molecular formula is C12H22N2O. The van der Waals surface area contributed by atoms with E-state index in [0.717, 1.165) is 32.5 Å². The van der Waals surface area contributed by atoms with Crippen LogP contribution in [0.3, 0.4) is 0 Å². The van der Waals surface area contributed by atoms with Crippen LogP contribution in [-0.4, -0.2) is 43.4 Å². The molecule has 0 amide bonds. The van der Waals surface area contributed by atoms with E-state index in [4.69, 9.17) is 0 Å². The van der Waals surface area contributed by atoms with Gasteiger partial charge in [0.2, 0.25) is 0 Å². The number of hydrogen-bond acceptors (Lipinski definition) is 3. The Balaban J connectivity index is 0.00000225. The molecule has 3 nitrogen and oxygen atoms in total. The van der Waals surface area contributed by atoms with Crippen molar-refractivity contribution in [2.24, 2.45) is 0 Å². The molecule has 0 aliphatic carbocycles. The van der Waals surface area contributed by atoms with Gasteiger partial charge in [0.05, 0.1) is 6.04 Å². The van der Waals surface area contributed by atoms with Crippen molar-refractivity contribution in [2.45, 2.75) is 25.3 Å². The summed E-state index contributed by atoms with van der Waals surface area (Å²) >= 11 is 0. The lowest BCUT2D eigenvalue weighted by molar-refractivity contribution is -0.118. The highest BCUT2D eigenvalue weighted by atomic mass is 16.1. The van der Waals surface area contributed by atoms with Crippen LogP contribution in [0, 0.1) is 0 Å². The first-order valence-electron chi connectivity index (χ1n) is 5.53. The van der Waals surface area contributed by atoms with E-state index in [9.17, 15) is 4.79 Å². The normalized spacial score (nSPS) is 20.7. The lowest BCUT2D eigenvalue weighted by Crippen LogP contribution is -2.32. The summed E-state index contributed by atoms with van der Waals surface area (Å²) in [6, 6.07) is 0.0994. The average molecular weight is 210 g/mol. The van der Waals surface area contributed by atoms with Crippen LogP contribution in [-0.2, 0) is 4.79 Å². The Morgan fingerprint density at radius 2 is 2.53 bits per heavy atom. The van der Waals surface area contributed by atoms with Gasteiger partial charge in [-0.1, -0.05) is 6.58 Å². The number of Topliss-reactive ketones (excluding diaryl/α,β-unsaturated/α-hetero) is 1. The maximum Gasteiger partial charge on any atom is 0.151 e. The van der Waals surface area contributed by atoms with E-state index in [1.54, 1.807) is 0 Å². The molecule has 0 saturated carbocycles. The summed E-state index contributed by atoms with van der Waals surface area (Å²) < 4.78 is 0. The first-order chi connectivity index (χ1) is 7.24. The van der Waals surface area contributed by atoms with Gasteiger partial charge < -0.3 is 10.2 Å². The molecule has 1 heterocycles. The maximum atomic E-state index is 11.3. The second kappa shape index (κ2) is 6.57. The minimum Gasteiger partial charge on any atom is -0.307 e. The molecule has 86 valence electrons. The highest BCUT2D eigenvalue weighted by Gasteiger charge is 2.23. The van der Waals surface area contributed by atoms with Crippen LogP contribution in [0.4, 0.5) is 0 Å². The van der Waals surface area contributed by atoms with Gasteiger partial charge in [0.25, 0.3) is 0 Å². The van der Waals surface area contributed by atoms with Crippen LogP contribution in [0.5, 0.6) is 0 Å². The molecule has 3 heteroatoms. The fourth-order valence-corrected chi connectivity index (χ4v) is 1.77. The van der Waals surface area contributed by atoms with Crippen LogP contribution in [0.15, 0.2) is 18.4 Å². The number of nitrogens with zero attached hydrogens (tertiary/aromatic N) is 1. The van der Waals surface area contributed by atoms with Gasteiger partial charge in [-0.3, -0.25) is 4.79 Å². The minimum absolute atomic E-state index is 0. The van der Waals surface area contributed by atoms with Gasteiger partial charge in [-0.25, -0.2) is 0 Å². The molecule has 1 atom stereocenters. The lowest BCUT2D eigenvalue weighted by atomic mass is 10.1. The van der Waals surface area contributed by atoms with Gasteiger partial charge in [0.15, 0.2) is 5.78 Å². The van der Waals surface area contributed by atoms with Gasteiger partial charge in [0, 0.05) is 20.9 Å². The van der Waals surface area contributed by atoms with Gasteiger partial charge in [-0.05, 0) is 32.5 Å². The molecule has 1 rings (SSSR count). The molecule has 1 fully saturated rings. The smallest absolute Gasteiger partial charge is 0.151 e. The van der Waals surface area contributed by atoms with Crippen molar-refractivity contribution in [3.63, 3.8) is 0 Å². The largest absolute Gasteiger partial charge is 0.307 e. The molecule has 15 heavy (non-hydrogen) atoms. The Morgan fingerprint density at radius 1 is 1.73 bits per heavy atom. The molecular weight excluding hydrogens is 188 g/mol. The van der Waals surface area contributed by atoms with Crippen molar-refractivity contribution in [1.82, 2.24) is 10.2 Å². The highest BCUT2D eigenvalue weighted by Crippen LogP contribution is 2.05. The highest BCUT2D eigenvalue weighted by molar-refractivity contribution is 5.86. The van der Waals surface area contributed by atoms with Crippen LogP contribution < -0.4 is 5.32 Å². The minimum atomic E-state index is 0. The summed E-state index contributed by atoms with van der Waals surface area (Å²) in [6.45, 7) is 6.35. The SMILES string of the molecule is C=C=CCCN(C)CCC1NCCC1=O.[HH]. The number of ketones is 1. The van der Waals surface area contributed by atoms with Gasteiger partial charge in [-0.2, -0.15) is 0 Å². The molecule has 0 spiro atoms. The second-order valence-electron chi connectivity index (χ2n) is 4.01. The van der Waals surface area contributed by atoms with Crippen LogP contribution in [0.1, 0.15) is 20.7 Å². The Labute approximate surface area is 93.3 Å². The quantitative estimate of drug-likeness (QED) is 0.669. The Bertz CT molecular complexity index is 262. The molecule has 0 radical (unpaired) electrons. The molecule has 0 bridgehead atoms. The van der Waals surface area contributed by atoms with Gasteiger partial charge >= 0.3 is 0 Å². The first-order valence-corrected chi connectivity index (χ1v) is 5.53. The molecule has 1 aliphatic heterocycles. The van der Waals surface area contributed by atoms with Crippen molar-refractivity contribution < 1.29 is 6.22 Å².